The van der Waals surface area contributed by atoms with Gasteiger partial charge in [-0.3, -0.25) is 4.79 Å². The van der Waals surface area contributed by atoms with E-state index in [0.717, 1.165) is 35.5 Å². The molecule has 0 bridgehead atoms. The van der Waals surface area contributed by atoms with E-state index in [0.29, 0.717) is 29.2 Å². The molecule has 3 aromatic carbocycles. The summed E-state index contributed by atoms with van der Waals surface area (Å²) in [6, 6.07) is 16.9. The first-order valence-electron chi connectivity index (χ1n) is 13.7. The van der Waals surface area contributed by atoms with Crippen molar-refractivity contribution in [3.63, 3.8) is 0 Å². The minimum absolute atomic E-state index is 0.0301. The molecule has 0 saturated heterocycles. The van der Waals surface area contributed by atoms with E-state index < -0.39 is 15.9 Å². The number of halogens is 1. The number of fused-ring (bicyclic) bond motifs is 1. The van der Waals surface area contributed by atoms with Crippen LogP contribution in [0.3, 0.4) is 0 Å². The van der Waals surface area contributed by atoms with Gasteiger partial charge in [0, 0.05) is 10.6 Å². The van der Waals surface area contributed by atoms with E-state index in [-0.39, 0.29) is 10.5 Å². The second kappa shape index (κ2) is 13.3. The lowest BCUT2D eigenvalue weighted by molar-refractivity contribution is 0.0981. The first-order chi connectivity index (χ1) is 19.2. The predicted octanol–water partition coefficient (Wildman–Crippen LogP) is 7.21. The summed E-state index contributed by atoms with van der Waals surface area (Å²) >= 11 is 6.62. The molecule has 1 amide bonds. The van der Waals surface area contributed by atoms with Crippen LogP contribution in [-0.4, -0.2) is 30.5 Å². The third-order valence-electron chi connectivity index (χ3n) is 6.88. The number of sulfonamides is 1. The Morgan fingerprint density at radius 3 is 2.40 bits per heavy atom. The highest BCUT2D eigenvalue weighted by molar-refractivity contribution is 7.90. The van der Waals surface area contributed by atoms with Crippen molar-refractivity contribution in [2.24, 2.45) is 0 Å². The Bertz CT molecular complexity index is 1580. The van der Waals surface area contributed by atoms with Crippen LogP contribution in [0.5, 0.6) is 5.75 Å². The maximum absolute atomic E-state index is 12.9. The van der Waals surface area contributed by atoms with E-state index in [1.54, 1.807) is 30.3 Å². The Kier molecular flexibility index (Phi) is 9.87. The maximum Gasteiger partial charge on any atom is 0.265 e. The van der Waals surface area contributed by atoms with Crippen LogP contribution in [0.2, 0.25) is 5.02 Å². The second-order valence-electron chi connectivity index (χ2n) is 10.1. The number of benzene rings is 3. The molecular weight excluding hydrogens is 546 g/mol. The van der Waals surface area contributed by atoms with Gasteiger partial charge in [0.2, 0.25) is 0 Å². The van der Waals surface area contributed by atoms with Gasteiger partial charge in [-0.2, -0.15) is 0 Å². The van der Waals surface area contributed by atoms with Crippen molar-refractivity contribution in [2.45, 2.75) is 70.7 Å². The van der Waals surface area contributed by atoms with E-state index in [2.05, 4.69) is 16.6 Å². The van der Waals surface area contributed by atoms with E-state index >= 15 is 0 Å². The SMILES string of the molecule is CCCCCCCCOc1ccc(Cn2c(C)nc3ccc(C(=O)NS(=O)(=O)c4ccc(C)cc4)cc32)c(Cl)c1. The molecule has 4 rings (SSSR count). The summed E-state index contributed by atoms with van der Waals surface area (Å²) in [5.74, 6) is 0.778. The Labute approximate surface area is 241 Å². The first-order valence-corrected chi connectivity index (χ1v) is 15.6. The molecule has 4 aromatic rings. The number of imidazole rings is 1. The van der Waals surface area contributed by atoms with Crippen molar-refractivity contribution in [3.8, 4) is 5.75 Å². The van der Waals surface area contributed by atoms with Gasteiger partial charge in [0.05, 0.1) is 29.1 Å². The van der Waals surface area contributed by atoms with Crippen LogP contribution in [0.15, 0.2) is 65.6 Å². The highest BCUT2D eigenvalue weighted by atomic mass is 35.5. The molecule has 0 saturated carbocycles. The number of hydrogen-bond acceptors (Lipinski definition) is 5. The zero-order valence-electron chi connectivity index (χ0n) is 23.2. The molecule has 0 aliphatic rings. The highest BCUT2D eigenvalue weighted by Crippen LogP contribution is 2.26. The van der Waals surface area contributed by atoms with Crippen LogP contribution < -0.4 is 9.46 Å². The Hall–Kier alpha value is -3.36. The molecule has 1 heterocycles. The fourth-order valence-electron chi connectivity index (χ4n) is 4.53. The molecule has 1 N–H and O–H groups in total. The van der Waals surface area contributed by atoms with Crippen molar-refractivity contribution < 1.29 is 17.9 Å². The molecule has 9 heteroatoms. The van der Waals surface area contributed by atoms with Gasteiger partial charge >= 0.3 is 0 Å². The molecule has 0 aliphatic carbocycles. The molecule has 0 radical (unpaired) electrons. The van der Waals surface area contributed by atoms with E-state index in [4.69, 9.17) is 16.3 Å². The third-order valence-corrected chi connectivity index (χ3v) is 8.58. The monoisotopic (exact) mass is 581 g/mol. The van der Waals surface area contributed by atoms with Crippen molar-refractivity contribution in [1.29, 1.82) is 0 Å². The largest absolute Gasteiger partial charge is 0.494 e. The summed E-state index contributed by atoms with van der Waals surface area (Å²) in [5.41, 5.74) is 3.43. The predicted molar refractivity (Wildman–Crippen MR) is 160 cm³/mol. The number of rotatable bonds is 13. The molecule has 0 unspecified atom stereocenters. The second-order valence-corrected chi connectivity index (χ2v) is 12.2. The van der Waals surface area contributed by atoms with Crippen LogP contribution in [0, 0.1) is 13.8 Å². The van der Waals surface area contributed by atoms with Crippen molar-refractivity contribution in [2.75, 3.05) is 6.61 Å². The quantitative estimate of drug-likeness (QED) is 0.168. The molecule has 0 fully saturated rings. The Morgan fingerprint density at radius 2 is 1.68 bits per heavy atom. The maximum atomic E-state index is 12.9. The lowest BCUT2D eigenvalue weighted by atomic mass is 10.1. The van der Waals surface area contributed by atoms with Gasteiger partial charge in [-0.1, -0.05) is 74.4 Å². The number of amides is 1. The summed E-state index contributed by atoms with van der Waals surface area (Å²) in [6.07, 6.45) is 7.22. The molecular formula is C31H36ClN3O4S. The van der Waals surface area contributed by atoms with Gasteiger partial charge in [0.25, 0.3) is 15.9 Å². The third kappa shape index (κ3) is 7.43. The number of ether oxygens (including phenoxy) is 1. The molecule has 0 atom stereocenters. The molecule has 0 aliphatic heterocycles. The Balaban J connectivity index is 1.46. The lowest BCUT2D eigenvalue weighted by Crippen LogP contribution is -2.30. The average molecular weight is 582 g/mol. The van der Waals surface area contributed by atoms with Crippen LogP contribution in [0.1, 0.15) is 72.8 Å². The van der Waals surface area contributed by atoms with Gasteiger partial charge in [-0.05, 0) is 68.3 Å². The minimum Gasteiger partial charge on any atom is -0.494 e. The summed E-state index contributed by atoms with van der Waals surface area (Å²) < 4.78 is 35.5. The van der Waals surface area contributed by atoms with Gasteiger partial charge in [0.15, 0.2) is 0 Å². The summed E-state index contributed by atoms with van der Waals surface area (Å²) in [7, 11) is -4.01. The number of carbonyl (C=O) groups excluding carboxylic acids is 1. The van der Waals surface area contributed by atoms with Crippen molar-refractivity contribution in [1.82, 2.24) is 14.3 Å². The average Bonchev–Trinajstić information content (AvgIpc) is 3.23. The number of aromatic nitrogens is 2. The van der Waals surface area contributed by atoms with Gasteiger partial charge in [0.1, 0.15) is 11.6 Å². The van der Waals surface area contributed by atoms with Gasteiger partial charge in [-0.25, -0.2) is 18.1 Å². The van der Waals surface area contributed by atoms with Gasteiger partial charge in [-0.15, -0.1) is 0 Å². The fourth-order valence-corrected chi connectivity index (χ4v) is 5.73. The van der Waals surface area contributed by atoms with E-state index in [1.165, 1.54) is 37.8 Å². The number of aryl methyl sites for hydroxylation is 2. The number of carbonyl (C=O) groups is 1. The Morgan fingerprint density at radius 1 is 0.950 bits per heavy atom. The fraction of sp³-hybridized carbons (Fsp3) is 0.355. The lowest BCUT2D eigenvalue weighted by Gasteiger charge is -2.12. The number of nitrogens with zero attached hydrogens (tertiary/aromatic N) is 2. The van der Waals surface area contributed by atoms with Crippen LogP contribution in [0.25, 0.3) is 11.0 Å². The standard InChI is InChI=1S/C31H36ClN3O4S/c1-4-5-6-7-8-9-18-39-26-14-12-25(28(32)20-26)21-35-23(3)33-29-17-13-24(19-30(29)35)31(36)34-40(37,38)27-15-10-22(2)11-16-27/h10-17,19-20H,4-9,18,21H2,1-3H3,(H,34,36). The van der Waals surface area contributed by atoms with Crippen molar-refractivity contribution >= 4 is 38.6 Å². The zero-order valence-corrected chi connectivity index (χ0v) is 24.8. The van der Waals surface area contributed by atoms with E-state index in [9.17, 15) is 13.2 Å². The topological polar surface area (TPSA) is 90.3 Å². The van der Waals surface area contributed by atoms with E-state index in [1.807, 2.05) is 36.6 Å². The smallest absolute Gasteiger partial charge is 0.265 e. The van der Waals surface area contributed by atoms with Crippen LogP contribution in [-0.2, 0) is 16.6 Å². The number of hydrogen-bond donors (Lipinski definition) is 1. The summed E-state index contributed by atoms with van der Waals surface area (Å²) in [4.78, 5) is 17.6. The van der Waals surface area contributed by atoms with Crippen molar-refractivity contribution in [3.05, 3.63) is 88.2 Å². The highest BCUT2D eigenvalue weighted by Gasteiger charge is 2.20. The van der Waals surface area contributed by atoms with Crippen LogP contribution >= 0.6 is 11.6 Å². The molecule has 1 aromatic heterocycles. The molecule has 212 valence electrons. The minimum atomic E-state index is -4.01. The summed E-state index contributed by atoms with van der Waals surface area (Å²) in [5, 5.41) is 0.583. The van der Waals surface area contributed by atoms with Gasteiger partial charge < -0.3 is 9.30 Å². The zero-order chi connectivity index (χ0) is 28.7. The number of nitrogens with one attached hydrogen (secondary N) is 1. The summed E-state index contributed by atoms with van der Waals surface area (Å²) in [6.45, 7) is 7.06. The van der Waals surface area contributed by atoms with Crippen LogP contribution in [0.4, 0.5) is 0 Å². The molecule has 0 spiro atoms. The molecule has 7 nitrogen and oxygen atoms in total. The number of unbranched alkanes of at least 4 members (excludes halogenated alkanes) is 5. The normalized spacial score (nSPS) is 11.6. The molecule has 40 heavy (non-hydrogen) atoms. The first kappa shape index (κ1) is 29.6.